The highest BCUT2D eigenvalue weighted by atomic mass is 35.5. The van der Waals surface area contributed by atoms with Gasteiger partial charge in [-0.1, -0.05) is 29.8 Å². The van der Waals surface area contributed by atoms with Crippen molar-refractivity contribution in [1.82, 2.24) is 9.88 Å². The zero-order valence-electron chi connectivity index (χ0n) is 12.1. The predicted octanol–water partition coefficient (Wildman–Crippen LogP) is 3.42. The van der Waals surface area contributed by atoms with Gasteiger partial charge in [-0.05, 0) is 24.3 Å². The summed E-state index contributed by atoms with van der Waals surface area (Å²) in [5, 5.41) is 0.528. The van der Waals surface area contributed by atoms with Crippen LogP contribution in [-0.2, 0) is 0 Å². The molecule has 2 aromatic rings. The van der Waals surface area contributed by atoms with Crippen LogP contribution in [0.15, 0.2) is 48.7 Å². The van der Waals surface area contributed by atoms with Crippen molar-refractivity contribution in [2.45, 2.75) is 18.9 Å². The van der Waals surface area contributed by atoms with Crippen LogP contribution in [0, 0.1) is 0 Å². The van der Waals surface area contributed by atoms with Gasteiger partial charge in [-0.15, -0.1) is 0 Å². The van der Waals surface area contributed by atoms with E-state index in [-0.39, 0.29) is 12.0 Å². The minimum Gasteiger partial charge on any atom is -0.490 e. The first kappa shape index (κ1) is 14.9. The number of pyridine rings is 1. The summed E-state index contributed by atoms with van der Waals surface area (Å²) >= 11 is 5.91. The molecule has 0 spiro atoms. The molecule has 1 fully saturated rings. The fourth-order valence-electron chi connectivity index (χ4n) is 2.55. The van der Waals surface area contributed by atoms with Gasteiger partial charge in [0.2, 0.25) is 0 Å². The molecule has 1 aromatic heterocycles. The number of halogens is 1. The van der Waals surface area contributed by atoms with Crippen LogP contribution in [0.2, 0.25) is 5.02 Å². The van der Waals surface area contributed by atoms with Gasteiger partial charge in [-0.3, -0.25) is 9.78 Å². The smallest absolute Gasteiger partial charge is 0.272 e. The first-order valence-corrected chi connectivity index (χ1v) is 7.73. The minimum absolute atomic E-state index is 0.0688. The molecule has 1 aliphatic heterocycles. The van der Waals surface area contributed by atoms with E-state index >= 15 is 0 Å². The number of nitrogens with zero attached hydrogens (tertiary/aromatic N) is 2. The van der Waals surface area contributed by atoms with Gasteiger partial charge < -0.3 is 9.64 Å². The number of para-hydroxylation sites is 1. The van der Waals surface area contributed by atoms with E-state index < -0.39 is 0 Å². The molecule has 0 radical (unpaired) electrons. The number of aromatic nitrogens is 1. The predicted molar refractivity (Wildman–Crippen MR) is 85.2 cm³/mol. The van der Waals surface area contributed by atoms with Gasteiger partial charge in [0, 0.05) is 37.2 Å². The maximum atomic E-state index is 12.4. The summed E-state index contributed by atoms with van der Waals surface area (Å²) in [6.07, 6.45) is 3.35. The monoisotopic (exact) mass is 316 g/mol. The second-order valence-electron chi connectivity index (χ2n) is 5.28. The van der Waals surface area contributed by atoms with Crippen LogP contribution in [0.5, 0.6) is 5.75 Å². The molecule has 114 valence electrons. The van der Waals surface area contributed by atoms with Gasteiger partial charge >= 0.3 is 0 Å². The molecule has 0 N–H and O–H groups in total. The van der Waals surface area contributed by atoms with E-state index in [2.05, 4.69) is 4.98 Å². The SMILES string of the molecule is O=C(c1cc(Cl)ccn1)N1CCC(Oc2ccccc2)CC1. The topological polar surface area (TPSA) is 42.4 Å². The lowest BCUT2D eigenvalue weighted by atomic mass is 10.1. The van der Waals surface area contributed by atoms with Crippen molar-refractivity contribution in [2.24, 2.45) is 0 Å². The van der Waals surface area contributed by atoms with E-state index in [4.69, 9.17) is 16.3 Å². The Morgan fingerprint density at radius 3 is 2.59 bits per heavy atom. The summed E-state index contributed by atoms with van der Waals surface area (Å²) in [7, 11) is 0. The molecule has 1 aliphatic rings. The molecular weight excluding hydrogens is 300 g/mol. The number of rotatable bonds is 3. The summed E-state index contributed by atoms with van der Waals surface area (Å²) in [6, 6.07) is 13.1. The van der Waals surface area contributed by atoms with E-state index in [9.17, 15) is 4.79 Å². The van der Waals surface area contributed by atoms with Gasteiger partial charge in [-0.25, -0.2) is 0 Å². The number of ether oxygens (including phenoxy) is 1. The second kappa shape index (κ2) is 6.79. The summed E-state index contributed by atoms with van der Waals surface area (Å²) in [5.74, 6) is 0.810. The Morgan fingerprint density at radius 2 is 1.91 bits per heavy atom. The van der Waals surface area contributed by atoms with Crippen LogP contribution >= 0.6 is 11.6 Å². The minimum atomic E-state index is -0.0688. The number of benzene rings is 1. The van der Waals surface area contributed by atoms with Crippen molar-refractivity contribution in [2.75, 3.05) is 13.1 Å². The van der Waals surface area contributed by atoms with Gasteiger partial charge in [0.15, 0.2) is 0 Å². The third-order valence-electron chi connectivity index (χ3n) is 3.72. The molecule has 3 rings (SSSR count). The highest BCUT2D eigenvalue weighted by Crippen LogP contribution is 2.20. The molecule has 1 amide bonds. The number of carbonyl (C=O) groups excluding carboxylic acids is 1. The van der Waals surface area contributed by atoms with Gasteiger partial charge in [0.05, 0.1) is 0 Å². The number of piperidine rings is 1. The average molecular weight is 317 g/mol. The normalized spacial score (nSPS) is 15.6. The Balaban J connectivity index is 1.56. The summed E-state index contributed by atoms with van der Waals surface area (Å²) in [4.78, 5) is 18.3. The van der Waals surface area contributed by atoms with E-state index in [1.54, 1.807) is 18.3 Å². The van der Waals surface area contributed by atoms with E-state index in [1.807, 2.05) is 35.2 Å². The zero-order valence-corrected chi connectivity index (χ0v) is 12.9. The quantitative estimate of drug-likeness (QED) is 0.871. The Labute approximate surface area is 134 Å². The number of carbonyl (C=O) groups is 1. The lowest BCUT2D eigenvalue weighted by molar-refractivity contribution is 0.0590. The lowest BCUT2D eigenvalue weighted by Crippen LogP contribution is -2.42. The Hall–Kier alpha value is -2.07. The maximum absolute atomic E-state index is 12.4. The van der Waals surface area contributed by atoms with Gasteiger partial charge in [0.25, 0.3) is 5.91 Å². The number of hydrogen-bond donors (Lipinski definition) is 0. The molecule has 4 nitrogen and oxygen atoms in total. The van der Waals surface area contributed by atoms with Crippen LogP contribution in [0.25, 0.3) is 0 Å². The highest BCUT2D eigenvalue weighted by Gasteiger charge is 2.25. The number of hydrogen-bond acceptors (Lipinski definition) is 3. The third-order valence-corrected chi connectivity index (χ3v) is 3.95. The lowest BCUT2D eigenvalue weighted by Gasteiger charge is -2.32. The van der Waals surface area contributed by atoms with Crippen molar-refractivity contribution >= 4 is 17.5 Å². The maximum Gasteiger partial charge on any atom is 0.272 e. The third kappa shape index (κ3) is 3.57. The largest absolute Gasteiger partial charge is 0.490 e. The van der Waals surface area contributed by atoms with Crippen LogP contribution in [0.3, 0.4) is 0 Å². The molecule has 0 atom stereocenters. The highest BCUT2D eigenvalue weighted by molar-refractivity contribution is 6.30. The molecule has 5 heteroatoms. The molecule has 0 bridgehead atoms. The molecule has 22 heavy (non-hydrogen) atoms. The Kier molecular flexibility index (Phi) is 4.59. The molecule has 0 aliphatic carbocycles. The Bertz CT molecular complexity index is 640. The zero-order chi connectivity index (χ0) is 15.4. The van der Waals surface area contributed by atoms with Crippen LogP contribution in [0.1, 0.15) is 23.3 Å². The first-order valence-electron chi connectivity index (χ1n) is 7.35. The second-order valence-corrected chi connectivity index (χ2v) is 5.72. The van der Waals surface area contributed by atoms with Crippen molar-refractivity contribution in [3.63, 3.8) is 0 Å². The van der Waals surface area contributed by atoms with Crippen LogP contribution < -0.4 is 4.74 Å². The van der Waals surface area contributed by atoms with Crippen LogP contribution in [0.4, 0.5) is 0 Å². The fourth-order valence-corrected chi connectivity index (χ4v) is 2.71. The van der Waals surface area contributed by atoms with Crippen molar-refractivity contribution in [3.8, 4) is 5.75 Å². The van der Waals surface area contributed by atoms with Gasteiger partial charge in [-0.2, -0.15) is 0 Å². The number of likely N-dealkylation sites (tertiary alicyclic amines) is 1. The average Bonchev–Trinajstić information content (AvgIpc) is 2.56. The number of amides is 1. The van der Waals surface area contributed by atoms with Gasteiger partial charge in [0.1, 0.15) is 17.5 Å². The van der Waals surface area contributed by atoms with E-state index in [0.29, 0.717) is 23.8 Å². The van der Waals surface area contributed by atoms with Crippen molar-refractivity contribution < 1.29 is 9.53 Å². The summed E-state index contributed by atoms with van der Waals surface area (Å²) in [6.45, 7) is 1.34. The molecule has 0 saturated carbocycles. The van der Waals surface area contributed by atoms with Crippen LogP contribution in [-0.4, -0.2) is 35.0 Å². The molecule has 2 heterocycles. The molecular formula is C17H17ClN2O2. The first-order chi connectivity index (χ1) is 10.7. The fraction of sp³-hybridized carbons (Fsp3) is 0.294. The van der Waals surface area contributed by atoms with Crippen molar-refractivity contribution in [1.29, 1.82) is 0 Å². The molecule has 0 unspecified atom stereocenters. The Morgan fingerprint density at radius 1 is 1.18 bits per heavy atom. The standard InChI is InChI=1S/C17H17ClN2O2/c18-13-6-9-19-16(12-13)17(21)20-10-7-15(8-11-20)22-14-4-2-1-3-5-14/h1-6,9,12,15H,7-8,10-11H2. The van der Waals surface area contributed by atoms with E-state index in [1.165, 1.54) is 0 Å². The molecule has 1 saturated heterocycles. The van der Waals surface area contributed by atoms with E-state index in [0.717, 1.165) is 18.6 Å². The summed E-state index contributed by atoms with van der Waals surface area (Å²) < 4.78 is 5.93. The summed E-state index contributed by atoms with van der Waals surface area (Å²) in [5.41, 5.74) is 0.398. The van der Waals surface area contributed by atoms with Crippen molar-refractivity contribution in [3.05, 3.63) is 59.4 Å². The molecule has 1 aromatic carbocycles.